The predicted molar refractivity (Wildman–Crippen MR) is 127 cm³/mol. The lowest BCUT2D eigenvalue weighted by atomic mass is 10.1. The van der Waals surface area contributed by atoms with Crippen molar-refractivity contribution in [3.63, 3.8) is 0 Å². The Hall–Kier alpha value is -3.75. The van der Waals surface area contributed by atoms with E-state index in [1.54, 1.807) is 4.90 Å². The molecule has 0 aromatic heterocycles. The second-order valence-corrected chi connectivity index (χ2v) is 9.01. The first-order valence-electron chi connectivity index (χ1n) is 11.4. The number of amides is 1. The molecule has 0 bridgehead atoms. The lowest BCUT2D eigenvalue weighted by Crippen LogP contribution is -2.56. The minimum Gasteiger partial charge on any atom is -0.360 e. The van der Waals surface area contributed by atoms with Crippen LogP contribution < -0.4 is 0 Å². The van der Waals surface area contributed by atoms with Gasteiger partial charge in [0.05, 0.1) is 29.0 Å². The van der Waals surface area contributed by atoms with E-state index in [-0.39, 0.29) is 11.1 Å². The van der Waals surface area contributed by atoms with Gasteiger partial charge in [0, 0.05) is 25.2 Å². The number of piperazine rings is 1. The minimum absolute atomic E-state index is 0.0473. The summed E-state index contributed by atoms with van der Waals surface area (Å²) in [4.78, 5) is 21.4. The molecule has 1 saturated heterocycles. The molecule has 0 N–H and O–H groups in total. The van der Waals surface area contributed by atoms with Crippen molar-refractivity contribution in [2.75, 3.05) is 26.2 Å². The Morgan fingerprint density at radius 2 is 1.80 bits per heavy atom. The first-order chi connectivity index (χ1) is 16.7. The van der Waals surface area contributed by atoms with Crippen LogP contribution in [0, 0.1) is 0 Å². The Morgan fingerprint density at radius 1 is 1.03 bits per heavy atom. The quantitative estimate of drug-likeness (QED) is 0.588. The molecule has 2 aromatic carbocycles. The summed E-state index contributed by atoms with van der Waals surface area (Å²) in [6.45, 7) is 5.90. The number of aliphatic imine (C=N–C) groups is 1. The summed E-state index contributed by atoms with van der Waals surface area (Å²) in [6, 6.07) is 14.4. The average molecular weight is 480 g/mol. The van der Waals surface area contributed by atoms with Crippen LogP contribution in [0.1, 0.15) is 34.3 Å². The number of amidine groups is 1. The smallest absolute Gasteiger partial charge is 0.360 e. The summed E-state index contributed by atoms with van der Waals surface area (Å²) in [6.07, 6.45) is -0.826. The molecule has 1 saturated carbocycles. The number of carbonyl (C=O) groups is 1. The number of alkyl halides is 3. The van der Waals surface area contributed by atoms with Crippen LogP contribution in [0.3, 0.4) is 0 Å². The molecule has 0 radical (unpaired) electrons. The SMILES string of the molecule is C=C(C1=NC/C(=C/c2ccccc2)N=N1)N1CCN(C(=O)c2cccc(C(F)(F)F)c2)CC12CC2. The van der Waals surface area contributed by atoms with Gasteiger partial charge < -0.3 is 9.80 Å². The fourth-order valence-corrected chi connectivity index (χ4v) is 4.57. The van der Waals surface area contributed by atoms with Crippen LogP contribution in [0.4, 0.5) is 13.2 Å². The minimum atomic E-state index is -4.49. The molecule has 180 valence electrons. The van der Waals surface area contributed by atoms with Gasteiger partial charge in [-0.3, -0.25) is 9.79 Å². The maximum Gasteiger partial charge on any atom is 0.416 e. The highest BCUT2D eigenvalue weighted by molar-refractivity contribution is 5.98. The highest BCUT2D eigenvalue weighted by Gasteiger charge is 2.53. The first-order valence-corrected chi connectivity index (χ1v) is 11.4. The van der Waals surface area contributed by atoms with Crippen LogP contribution in [-0.4, -0.2) is 53.3 Å². The third-order valence-electron chi connectivity index (χ3n) is 6.58. The molecule has 2 heterocycles. The Morgan fingerprint density at radius 3 is 2.46 bits per heavy atom. The summed E-state index contributed by atoms with van der Waals surface area (Å²) >= 11 is 0. The normalized spacial score (nSPS) is 20.2. The standard InChI is InChI=1S/C26H24F3N5O/c1-18(23-30-16-22(31-32-23)14-19-6-3-2-4-7-19)34-13-12-33(17-25(34)10-11-25)24(35)20-8-5-9-21(15-20)26(27,28)29/h2-9,14-15H,1,10-13,16-17H2/b22-14-. The lowest BCUT2D eigenvalue weighted by molar-refractivity contribution is -0.137. The van der Waals surface area contributed by atoms with Gasteiger partial charge in [0.25, 0.3) is 5.91 Å². The molecule has 0 atom stereocenters. The monoisotopic (exact) mass is 479 g/mol. The maximum absolute atomic E-state index is 13.1. The van der Waals surface area contributed by atoms with E-state index in [9.17, 15) is 18.0 Å². The molecule has 1 aliphatic carbocycles. The van der Waals surface area contributed by atoms with E-state index < -0.39 is 17.6 Å². The molecule has 0 unspecified atom stereocenters. The van der Waals surface area contributed by atoms with Crippen molar-refractivity contribution >= 4 is 17.8 Å². The zero-order valence-electron chi connectivity index (χ0n) is 19.0. The van der Waals surface area contributed by atoms with Crippen LogP contribution >= 0.6 is 0 Å². The Balaban J connectivity index is 1.26. The van der Waals surface area contributed by atoms with E-state index in [1.807, 2.05) is 36.4 Å². The highest BCUT2D eigenvalue weighted by atomic mass is 19.4. The molecule has 1 spiro atoms. The topological polar surface area (TPSA) is 60.6 Å². The van der Waals surface area contributed by atoms with Crippen molar-refractivity contribution in [3.05, 3.63) is 89.3 Å². The van der Waals surface area contributed by atoms with Crippen LogP contribution in [0.15, 0.2) is 87.8 Å². The van der Waals surface area contributed by atoms with Gasteiger partial charge in [0.2, 0.25) is 0 Å². The van der Waals surface area contributed by atoms with Crippen molar-refractivity contribution < 1.29 is 18.0 Å². The fraction of sp³-hybridized carbons (Fsp3) is 0.308. The summed E-state index contributed by atoms with van der Waals surface area (Å²) in [5.41, 5.74) is 1.38. The number of hydrogen-bond donors (Lipinski definition) is 0. The van der Waals surface area contributed by atoms with Crippen LogP contribution in [-0.2, 0) is 6.18 Å². The second-order valence-electron chi connectivity index (χ2n) is 9.01. The number of carbonyl (C=O) groups excluding carboxylic acids is 1. The number of azo groups is 1. The van der Waals surface area contributed by atoms with Gasteiger partial charge in [-0.2, -0.15) is 18.3 Å². The molecular formula is C26H24F3N5O. The van der Waals surface area contributed by atoms with Gasteiger partial charge in [-0.05, 0) is 42.7 Å². The van der Waals surface area contributed by atoms with Crippen LogP contribution in [0.2, 0.25) is 0 Å². The number of rotatable bonds is 4. The van der Waals surface area contributed by atoms with Gasteiger partial charge in [-0.1, -0.05) is 43.0 Å². The molecule has 5 rings (SSSR count). The fourth-order valence-electron chi connectivity index (χ4n) is 4.57. The van der Waals surface area contributed by atoms with E-state index in [1.165, 1.54) is 12.1 Å². The van der Waals surface area contributed by atoms with E-state index in [4.69, 9.17) is 0 Å². The molecule has 2 aromatic rings. The Labute approximate surface area is 201 Å². The summed E-state index contributed by atoms with van der Waals surface area (Å²) in [5.74, 6) is 0.0807. The van der Waals surface area contributed by atoms with Crippen LogP contribution in [0.5, 0.6) is 0 Å². The summed E-state index contributed by atoms with van der Waals surface area (Å²) in [7, 11) is 0. The van der Waals surface area contributed by atoms with Gasteiger partial charge in [-0.15, -0.1) is 5.11 Å². The maximum atomic E-state index is 13.1. The van der Waals surface area contributed by atoms with Crippen molar-refractivity contribution in [1.82, 2.24) is 9.80 Å². The van der Waals surface area contributed by atoms with Crippen molar-refractivity contribution in [1.29, 1.82) is 0 Å². The van der Waals surface area contributed by atoms with Gasteiger partial charge >= 0.3 is 6.18 Å². The van der Waals surface area contributed by atoms with Gasteiger partial charge in [0.15, 0.2) is 5.84 Å². The zero-order chi connectivity index (χ0) is 24.6. The molecule has 35 heavy (non-hydrogen) atoms. The highest BCUT2D eigenvalue weighted by Crippen LogP contribution is 2.46. The zero-order valence-corrected chi connectivity index (χ0v) is 19.0. The molecule has 6 nitrogen and oxygen atoms in total. The first kappa shape index (κ1) is 23.0. The number of benzene rings is 2. The van der Waals surface area contributed by atoms with Gasteiger partial charge in [-0.25, -0.2) is 0 Å². The summed E-state index contributed by atoms with van der Waals surface area (Å²) in [5, 5.41) is 8.60. The third kappa shape index (κ3) is 4.76. The van der Waals surface area contributed by atoms with Crippen molar-refractivity contribution in [2.45, 2.75) is 24.6 Å². The third-order valence-corrected chi connectivity index (χ3v) is 6.58. The van der Waals surface area contributed by atoms with Crippen molar-refractivity contribution in [2.24, 2.45) is 15.2 Å². The van der Waals surface area contributed by atoms with E-state index in [2.05, 4.69) is 26.7 Å². The average Bonchev–Trinajstić information content (AvgIpc) is 3.63. The second kappa shape index (κ2) is 8.79. The Bertz CT molecular complexity index is 1250. The largest absolute Gasteiger partial charge is 0.416 e. The molecule has 3 aliphatic rings. The number of halogens is 3. The van der Waals surface area contributed by atoms with E-state index >= 15 is 0 Å². The molecule has 2 aliphatic heterocycles. The van der Waals surface area contributed by atoms with E-state index in [0.29, 0.717) is 37.7 Å². The lowest BCUT2D eigenvalue weighted by Gasteiger charge is -2.44. The Kier molecular flexibility index (Phi) is 5.78. The molecule has 2 fully saturated rings. The summed E-state index contributed by atoms with van der Waals surface area (Å²) < 4.78 is 39.3. The molecule has 1 amide bonds. The number of nitrogens with zero attached hydrogens (tertiary/aromatic N) is 5. The van der Waals surface area contributed by atoms with Crippen LogP contribution in [0.25, 0.3) is 6.08 Å². The molecule has 9 heteroatoms. The van der Waals surface area contributed by atoms with E-state index in [0.717, 1.165) is 36.2 Å². The predicted octanol–water partition coefficient (Wildman–Crippen LogP) is 5.41. The van der Waals surface area contributed by atoms with Crippen molar-refractivity contribution in [3.8, 4) is 0 Å². The van der Waals surface area contributed by atoms with Gasteiger partial charge in [0.1, 0.15) is 0 Å². The number of hydrogen-bond acceptors (Lipinski definition) is 5. The molecular weight excluding hydrogens is 455 g/mol.